The largest absolute Gasteiger partial charge is 0.497 e. The third kappa shape index (κ3) is 4.06. The minimum Gasteiger partial charge on any atom is -0.497 e. The number of amides is 1. The van der Waals surface area contributed by atoms with E-state index in [1.165, 1.54) is 0 Å². The maximum atomic E-state index is 12.8. The van der Waals surface area contributed by atoms with E-state index in [2.05, 4.69) is 23.5 Å². The number of nitriles is 1. The summed E-state index contributed by atoms with van der Waals surface area (Å²) < 4.78 is 5.27. The van der Waals surface area contributed by atoms with E-state index in [9.17, 15) is 10.1 Å². The minimum absolute atomic E-state index is 0.0158. The van der Waals surface area contributed by atoms with E-state index >= 15 is 0 Å². The first kappa shape index (κ1) is 19.3. The maximum Gasteiger partial charge on any atom is 0.228 e. The lowest BCUT2D eigenvalue weighted by Crippen LogP contribution is -2.38. The Kier molecular flexibility index (Phi) is 5.41. The number of hydrogen-bond donors (Lipinski definition) is 1. The van der Waals surface area contributed by atoms with Crippen molar-refractivity contribution in [2.45, 2.75) is 25.9 Å². The zero-order valence-electron chi connectivity index (χ0n) is 16.9. The van der Waals surface area contributed by atoms with Gasteiger partial charge in [0.15, 0.2) is 6.19 Å². The van der Waals surface area contributed by atoms with Crippen LogP contribution in [0.3, 0.4) is 0 Å². The fourth-order valence-corrected chi connectivity index (χ4v) is 4.31. The molecule has 6 heteroatoms. The zero-order valence-corrected chi connectivity index (χ0v) is 16.9. The number of piperidine rings is 1. The van der Waals surface area contributed by atoms with Gasteiger partial charge in [0.2, 0.25) is 5.91 Å². The number of nitrogens with zero attached hydrogens (tertiary/aromatic N) is 3. The van der Waals surface area contributed by atoms with Crippen LogP contribution in [0.5, 0.6) is 5.75 Å². The molecule has 1 fully saturated rings. The van der Waals surface area contributed by atoms with Crippen LogP contribution in [-0.2, 0) is 17.9 Å². The maximum absolute atomic E-state index is 12.8. The average Bonchev–Trinajstić information content (AvgIpc) is 3.16. The number of carbonyl (C=O) groups excluding carboxylic acids is 1. The SMILES string of the molecule is COc1ccc(-c2cc(NC(=O)[C@@H]3CCCN(C)C3)cc3c2CN(C#N)C3)cc1. The van der Waals surface area contributed by atoms with Gasteiger partial charge in [-0.1, -0.05) is 12.1 Å². The van der Waals surface area contributed by atoms with Crippen molar-refractivity contribution >= 4 is 11.6 Å². The molecule has 150 valence electrons. The summed E-state index contributed by atoms with van der Waals surface area (Å²) in [5.41, 5.74) is 5.14. The molecule has 29 heavy (non-hydrogen) atoms. The van der Waals surface area contributed by atoms with E-state index in [1.54, 1.807) is 12.0 Å². The predicted octanol–water partition coefficient (Wildman–Crippen LogP) is 3.44. The lowest BCUT2D eigenvalue weighted by atomic mass is 9.95. The number of anilines is 1. The summed E-state index contributed by atoms with van der Waals surface area (Å²) in [6.07, 6.45) is 4.22. The molecule has 2 heterocycles. The van der Waals surface area contributed by atoms with Crippen LogP contribution in [0, 0.1) is 17.4 Å². The van der Waals surface area contributed by atoms with Gasteiger partial charge in [-0.25, -0.2) is 0 Å². The first-order valence-corrected chi connectivity index (χ1v) is 10.0. The summed E-state index contributed by atoms with van der Waals surface area (Å²) >= 11 is 0. The topological polar surface area (TPSA) is 68.6 Å². The Morgan fingerprint density at radius 3 is 2.72 bits per heavy atom. The van der Waals surface area contributed by atoms with E-state index in [0.717, 1.165) is 59.6 Å². The smallest absolute Gasteiger partial charge is 0.228 e. The molecule has 1 amide bonds. The van der Waals surface area contributed by atoms with Crippen molar-refractivity contribution in [1.29, 1.82) is 5.26 Å². The van der Waals surface area contributed by atoms with E-state index in [-0.39, 0.29) is 11.8 Å². The van der Waals surface area contributed by atoms with Gasteiger partial charge in [-0.3, -0.25) is 4.79 Å². The van der Waals surface area contributed by atoms with Crippen LogP contribution in [0.4, 0.5) is 5.69 Å². The molecule has 6 nitrogen and oxygen atoms in total. The number of methoxy groups -OCH3 is 1. The third-order valence-electron chi connectivity index (χ3n) is 5.86. The lowest BCUT2D eigenvalue weighted by Gasteiger charge is -2.28. The Morgan fingerprint density at radius 1 is 1.24 bits per heavy atom. The Balaban J connectivity index is 1.65. The van der Waals surface area contributed by atoms with E-state index in [1.807, 2.05) is 36.4 Å². The molecule has 0 radical (unpaired) electrons. The monoisotopic (exact) mass is 390 g/mol. The molecule has 2 aromatic carbocycles. The van der Waals surface area contributed by atoms with E-state index in [4.69, 9.17) is 4.74 Å². The van der Waals surface area contributed by atoms with E-state index in [0.29, 0.717) is 13.1 Å². The van der Waals surface area contributed by atoms with Gasteiger partial charge >= 0.3 is 0 Å². The highest BCUT2D eigenvalue weighted by Crippen LogP contribution is 2.36. The number of rotatable bonds is 4. The van der Waals surface area contributed by atoms with Crippen molar-refractivity contribution in [3.8, 4) is 23.1 Å². The van der Waals surface area contributed by atoms with Crippen molar-refractivity contribution < 1.29 is 9.53 Å². The molecular weight excluding hydrogens is 364 g/mol. The third-order valence-corrected chi connectivity index (χ3v) is 5.86. The molecule has 0 bridgehead atoms. The highest BCUT2D eigenvalue weighted by Gasteiger charge is 2.26. The number of nitrogens with one attached hydrogen (secondary N) is 1. The van der Waals surface area contributed by atoms with Gasteiger partial charge in [-0.15, -0.1) is 0 Å². The number of hydrogen-bond acceptors (Lipinski definition) is 5. The molecule has 1 N–H and O–H groups in total. The summed E-state index contributed by atoms with van der Waals surface area (Å²) in [4.78, 5) is 16.8. The molecular formula is C23H26N4O2. The van der Waals surface area contributed by atoms with Crippen LogP contribution in [0.2, 0.25) is 0 Å². The average molecular weight is 390 g/mol. The predicted molar refractivity (Wildman–Crippen MR) is 112 cm³/mol. The molecule has 0 aliphatic carbocycles. The number of fused-ring (bicyclic) bond motifs is 1. The van der Waals surface area contributed by atoms with Gasteiger partial charge in [-0.2, -0.15) is 5.26 Å². The first-order valence-electron chi connectivity index (χ1n) is 10.0. The Morgan fingerprint density at radius 2 is 2.03 bits per heavy atom. The van der Waals surface area contributed by atoms with Gasteiger partial charge in [0.25, 0.3) is 0 Å². The van der Waals surface area contributed by atoms with Crippen LogP contribution < -0.4 is 10.1 Å². The van der Waals surface area contributed by atoms with Crippen molar-refractivity contribution in [2.75, 3.05) is 32.6 Å². The van der Waals surface area contributed by atoms with Gasteiger partial charge in [0.05, 0.1) is 26.1 Å². The second-order valence-electron chi connectivity index (χ2n) is 7.94. The van der Waals surface area contributed by atoms with Crippen LogP contribution in [-0.4, -0.2) is 43.0 Å². The van der Waals surface area contributed by atoms with Crippen LogP contribution in [0.25, 0.3) is 11.1 Å². The summed E-state index contributed by atoms with van der Waals surface area (Å²) in [6.45, 7) is 3.01. The Hall–Kier alpha value is -3.04. The summed E-state index contributed by atoms with van der Waals surface area (Å²) in [7, 11) is 3.71. The van der Waals surface area contributed by atoms with Crippen molar-refractivity contribution in [3.63, 3.8) is 0 Å². The minimum atomic E-state index is 0.0158. The summed E-state index contributed by atoms with van der Waals surface area (Å²) in [6, 6.07) is 12.0. The van der Waals surface area contributed by atoms with Crippen LogP contribution in [0.1, 0.15) is 24.0 Å². The lowest BCUT2D eigenvalue weighted by molar-refractivity contribution is -0.121. The molecule has 2 aliphatic heterocycles. The second-order valence-corrected chi connectivity index (χ2v) is 7.94. The van der Waals surface area contributed by atoms with Gasteiger partial charge in [-0.05, 0) is 73.0 Å². The summed E-state index contributed by atoms with van der Waals surface area (Å²) in [5, 5.41) is 12.5. The van der Waals surface area contributed by atoms with Crippen molar-refractivity contribution in [1.82, 2.24) is 9.80 Å². The van der Waals surface area contributed by atoms with Crippen LogP contribution >= 0.6 is 0 Å². The van der Waals surface area contributed by atoms with Gasteiger partial charge < -0.3 is 19.9 Å². The van der Waals surface area contributed by atoms with Gasteiger partial charge in [0.1, 0.15) is 5.75 Å². The molecule has 0 unspecified atom stereocenters. The highest BCUT2D eigenvalue weighted by molar-refractivity contribution is 5.94. The van der Waals surface area contributed by atoms with E-state index < -0.39 is 0 Å². The van der Waals surface area contributed by atoms with Crippen LogP contribution in [0.15, 0.2) is 36.4 Å². The molecule has 1 saturated heterocycles. The van der Waals surface area contributed by atoms with Gasteiger partial charge in [0, 0.05) is 12.2 Å². The van der Waals surface area contributed by atoms with Crippen molar-refractivity contribution in [3.05, 3.63) is 47.5 Å². The molecule has 2 aromatic rings. The number of carbonyl (C=O) groups is 1. The standard InChI is InChI=1S/C23H26N4O2/c1-26-9-3-4-17(12-26)23(28)25-19-10-18-13-27(15-24)14-22(18)21(11-19)16-5-7-20(29-2)8-6-16/h5-8,10-11,17H,3-4,9,12-14H2,1-2H3,(H,25,28)/t17-/m1/s1. The fraction of sp³-hybridized carbons (Fsp3) is 0.391. The molecule has 2 aliphatic rings. The Labute approximate surface area is 171 Å². The molecule has 4 rings (SSSR count). The zero-order chi connectivity index (χ0) is 20.4. The quantitative estimate of drug-likeness (QED) is 0.810. The number of ether oxygens (including phenoxy) is 1. The van der Waals surface area contributed by atoms with Crippen molar-refractivity contribution in [2.24, 2.45) is 5.92 Å². The number of benzene rings is 2. The Bertz CT molecular complexity index is 949. The first-order chi connectivity index (χ1) is 14.1. The highest BCUT2D eigenvalue weighted by atomic mass is 16.5. The molecule has 1 atom stereocenters. The molecule has 0 saturated carbocycles. The summed E-state index contributed by atoms with van der Waals surface area (Å²) in [5.74, 6) is 0.893. The second kappa shape index (κ2) is 8.14. The molecule has 0 aromatic heterocycles. The molecule has 0 spiro atoms. The normalized spacial score (nSPS) is 18.8. The number of likely N-dealkylation sites (tertiary alicyclic amines) is 1. The fourth-order valence-electron chi connectivity index (χ4n) is 4.31.